The van der Waals surface area contributed by atoms with Crippen LogP contribution >= 0.6 is 0 Å². The second-order valence-electron chi connectivity index (χ2n) is 9.71. The zero-order chi connectivity index (χ0) is 22.9. The molecule has 7 heteroatoms. The van der Waals surface area contributed by atoms with Crippen molar-refractivity contribution >= 4 is 11.8 Å². The molecule has 2 amide bonds. The van der Waals surface area contributed by atoms with Gasteiger partial charge in [-0.15, -0.1) is 0 Å². The van der Waals surface area contributed by atoms with Crippen molar-refractivity contribution in [2.24, 2.45) is 5.41 Å². The van der Waals surface area contributed by atoms with Crippen molar-refractivity contribution in [3.63, 3.8) is 0 Å². The van der Waals surface area contributed by atoms with Gasteiger partial charge in [-0.05, 0) is 47.8 Å². The molecule has 2 N–H and O–H groups in total. The quantitative estimate of drug-likeness (QED) is 0.722. The molecule has 7 nitrogen and oxygen atoms in total. The molecule has 1 aliphatic heterocycles. The summed E-state index contributed by atoms with van der Waals surface area (Å²) in [4.78, 5) is 40.2. The van der Waals surface area contributed by atoms with Crippen LogP contribution in [0.1, 0.15) is 53.7 Å². The summed E-state index contributed by atoms with van der Waals surface area (Å²) < 4.78 is 1.60. The van der Waals surface area contributed by atoms with E-state index in [1.807, 2.05) is 30.3 Å². The third-order valence-corrected chi connectivity index (χ3v) is 6.60. The van der Waals surface area contributed by atoms with Gasteiger partial charge in [-0.3, -0.25) is 14.4 Å². The molecule has 0 saturated heterocycles. The normalized spacial score (nSPS) is 17.4. The Bertz CT molecular complexity index is 1070. The van der Waals surface area contributed by atoms with E-state index in [0.717, 1.165) is 29.5 Å². The van der Waals surface area contributed by atoms with E-state index in [4.69, 9.17) is 0 Å². The number of fused-ring (bicyclic) bond motifs is 1. The number of aryl methyl sites for hydroxylation is 2. The Morgan fingerprint density at radius 3 is 2.56 bits per heavy atom. The summed E-state index contributed by atoms with van der Waals surface area (Å²) >= 11 is 0. The molecule has 0 radical (unpaired) electrons. The predicted octanol–water partition coefficient (Wildman–Crippen LogP) is 1.89. The Balaban J connectivity index is 1.64. The number of aromatic nitrogens is 1. The highest BCUT2D eigenvalue weighted by atomic mass is 16.3. The van der Waals surface area contributed by atoms with E-state index < -0.39 is 6.61 Å². The first-order valence-corrected chi connectivity index (χ1v) is 11.3. The van der Waals surface area contributed by atoms with Crippen molar-refractivity contribution in [1.82, 2.24) is 14.8 Å². The van der Waals surface area contributed by atoms with Crippen LogP contribution in [-0.2, 0) is 30.7 Å². The molecule has 32 heavy (non-hydrogen) atoms. The van der Waals surface area contributed by atoms with Crippen LogP contribution in [-0.4, -0.2) is 45.6 Å². The largest absolute Gasteiger partial charge is 0.387 e. The number of pyridine rings is 1. The van der Waals surface area contributed by atoms with Crippen molar-refractivity contribution in [2.45, 2.75) is 58.7 Å². The number of hydrogen-bond acceptors (Lipinski definition) is 4. The summed E-state index contributed by atoms with van der Waals surface area (Å²) in [5, 5.41) is 12.3. The fraction of sp³-hybridized carbons (Fsp3) is 0.480. The molecule has 1 fully saturated rings. The third-order valence-electron chi connectivity index (χ3n) is 6.60. The van der Waals surface area contributed by atoms with Crippen LogP contribution in [0.3, 0.4) is 0 Å². The second-order valence-corrected chi connectivity index (χ2v) is 9.71. The lowest BCUT2D eigenvalue weighted by Crippen LogP contribution is -2.50. The maximum absolute atomic E-state index is 13.4. The molecule has 2 heterocycles. The Morgan fingerprint density at radius 1 is 1.19 bits per heavy atom. The van der Waals surface area contributed by atoms with E-state index in [-0.39, 0.29) is 40.9 Å². The Hall–Kier alpha value is -2.93. The first-order valence-electron chi connectivity index (χ1n) is 11.3. The number of nitrogens with zero attached hydrogens (tertiary/aromatic N) is 2. The van der Waals surface area contributed by atoms with Crippen molar-refractivity contribution < 1.29 is 14.7 Å². The Morgan fingerprint density at radius 2 is 1.91 bits per heavy atom. The molecule has 1 aromatic carbocycles. The summed E-state index contributed by atoms with van der Waals surface area (Å²) in [6.45, 7) is 4.91. The van der Waals surface area contributed by atoms with Crippen LogP contribution < -0.4 is 10.9 Å². The van der Waals surface area contributed by atoms with E-state index in [1.165, 1.54) is 0 Å². The van der Waals surface area contributed by atoms with Crippen molar-refractivity contribution in [1.29, 1.82) is 0 Å². The van der Waals surface area contributed by atoms with Crippen LogP contribution in [0.4, 0.5) is 0 Å². The fourth-order valence-electron chi connectivity index (χ4n) is 4.95. The smallest absolute Gasteiger partial charge is 0.263 e. The highest BCUT2D eigenvalue weighted by molar-refractivity contribution is 5.96. The van der Waals surface area contributed by atoms with Gasteiger partial charge in [0.15, 0.2) is 0 Å². The maximum Gasteiger partial charge on any atom is 0.263 e. The van der Waals surface area contributed by atoms with E-state index in [2.05, 4.69) is 19.2 Å². The maximum atomic E-state index is 13.4. The van der Waals surface area contributed by atoms with Gasteiger partial charge in [0, 0.05) is 31.9 Å². The average Bonchev–Trinajstić information content (AvgIpc) is 2.76. The first-order chi connectivity index (χ1) is 15.3. The summed E-state index contributed by atoms with van der Waals surface area (Å²) in [6, 6.07) is 9.98. The van der Waals surface area contributed by atoms with Gasteiger partial charge >= 0.3 is 0 Å². The SMILES string of the molecule is CC1(C)CC(NC(=O)c2c3c(cn(CCc4ccccc4)c2=O)CN(C(=O)CO)CC3)C1. The third kappa shape index (κ3) is 4.63. The summed E-state index contributed by atoms with van der Waals surface area (Å²) in [5.74, 6) is -0.664. The van der Waals surface area contributed by atoms with Gasteiger partial charge in [-0.25, -0.2) is 0 Å². The number of carbonyl (C=O) groups is 2. The molecule has 4 rings (SSSR count). The minimum Gasteiger partial charge on any atom is -0.387 e. The molecule has 1 saturated carbocycles. The van der Waals surface area contributed by atoms with Gasteiger partial charge in [0.25, 0.3) is 11.5 Å². The lowest BCUT2D eigenvalue weighted by Gasteiger charge is -2.43. The topological polar surface area (TPSA) is 91.6 Å². The number of carbonyl (C=O) groups excluding carboxylic acids is 2. The van der Waals surface area contributed by atoms with Gasteiger partial charge in [-0.2, -0.15) is 0 Å². The number of nitrogens with one attached hydrogen (secondary N) is 1. The molecule has 0 atom stereocenters. The molecule has 0 unspecified atom stereocenters. The highest BCUT2D eigenvalue weighted by Gasteiger charge is 2.38. The molecule has 170 valence electrons. The predicted molar refractivity (Wildman–Crippen MR) is 121 cm³/mol. The van der Waals surface area contributed by atoms with E-state index >= 15 is 0 Å². The molecule has 0 bridgehead atoms. The molecular weight excluding hydrogens is 406 g/mol. The molecule has 2 aliphatic rings. The summed E-state index contributed by atoms with van der Waals surface area (Å²) in [7, 11) is 0. The summed E-state index contributed by atoms with van der Waals surface area (Å²) in [5.41, 5.74) is 2.77. The average molecular weight is 438 g/mol. The highest BCUT2D eigenvalue weighted by Crippen LogP contribution is 2.39. The zero-order valence-electron chi connectivity index (χ0n) is 18.8. The monoisotopic (exact) mass is 437 g/mol. The standard InChI is InChI=1S/C25H31N3O4/c1-25(2)12-19(13-25)26-23(31)22-20-9-11-27(21(30)16-29)14-18(20)15-28(24(22)32)10-8-17-6-4-3-5-7-17/h3-7,15,19,29H,8-14,16H2,1-2H3,(H,26,31). The molecule has 0 spiro atoms. The lowest BCUT2D eigenvalue weighted by atomic mass is 9.68. The van der Waals surface area contributed by atoms with Crippen LogP contribution in [0.15, 0.2) is 41.3 Å². The van der Waals surface area contributed by atoms with E-state index in [0.29, 0.717) is 25.9 Å². The zero-order valence-corrected chi connectivity index (χ0v) is 18.8. The number of aliphatic hydroxyl groups is 1. The number of amides is 2. The molecular formula is C25H31N3O4. The Labute approximate surface area is 188 Å². The van der Waals surface area contributed by atoms with Gasteiger partial charge in [0.2, 0.25) is 5.91 Å². The molecule has 2 aromatic rings. The van der Waals surface area contributed by atoms with Crippen molar-refractivity contribution in [3.05, 3.63) is 69.1 Å². The van der Waals surface area contributed by atoms with Gasteiger partial charge in [-0.1, -0.05) is 44.2 Å². The number of rotatable bonds is 6. The van der Waals surface area contributed by atoms with E-state index in [1.54, 1.807) is 15.7 Å². The minimum absolute atomic E-state index is 0.0848. The van der Waals surface area contributed by atoms with Crippen molar-refractivity contribution in [3.8, 4) is 0 Å². The molecule has 1 aromatic heterocycles. The number of benzene rings is 1. The minimum atomic E-state index is -0.548. The van der Waals surface area contributed by atoms with Crippen LogP contribution in [0.2, 0.25) is 0 Å². The number of aliphatic hydroxyl groups excluding tert-OH is 1. The van der Waals surface area contributed by atoms with Gasteiger partial charge < -0.3 is 19.9 Å². The van der Waals surface area contributed by atoms with Crippen LogP contribution in [0.5, 0.6) is 0 Å². The van der Waals surface area contributed by atoms with Crippen LogP contribution in [0.25, 0.3) is 0 Å². The second kappa shape index (κ2) is 8.90. The lowest BCUT2D eigenvalue weighted by molar-refractivity contribution is -0.135. The number of hydrogen-bond donors (Lipinski definition) is 2. The van der Waals surface area contributed by atoms with Gasteiger partial charge in [0.05, 0.1) is 0 Å². The van der Waals surface area contributed by atoms with Crippen LogP contribution in [0, 0.1) is 5.41 Å². The summed E-state index contributed by atoms with van der Waals surface area (Å²) in [6.07, 6.45) is 4.66. The first kappa shape index (κ1) is 22.3. The fourth-order valence-corrected chi connectivity index (χ4v) is 4.95. The van der Waals surface area contributed by atoms with Crippen molar-refractivity contribution in [2.75, 3.05) is 13.2 Å². The molecule has 1 aliphatic carbocycles. The van der Waals surface area contributed by atoms with Gasteiger partial charge in [0.1, 0.15) is 12.2 Å². The Kier molecular flexibility index (Phi) is 6.20. The van der Waals surface area contributed by atoms with E-state index in [9.17, 15) is 19.5 Å².